The number of nitrogens with one attached hydrogen (secondary N) is 2. The third kappa shape index (κ3) is 6.06. The van der Waals surface area contributed by atoms with Crippen LogP contribution in [0, 0.1) is 0 Å². The van der Waals surface area contributed by atoms with Crippen LogP contribution in [0.1, 0.15) is 24.1 Å². The first-order valence-corrected chi connectivity index (χ1v) is 10.8. The van der Waals surface area contributed by atoms with Gasteiger partial charge in [0.25, 0.3) is 0 Å². The summed E-state index contributed by atoms with van der Waals surface area (Å²) in [5.41, 5.74) is 1.55. The topological polar surface area (TPSA) is 125 Å². The smallest absolute Gasteiger partial charge is 0.480 e. The van der Waals surface area contributed by atoms with Crippen molar-refractivity contribution in [2.24, 2.45) is 0 Å². The van der Waals surface area contributed by atoms with Gasteiger partial charge in [0.15, 0.2) is 12.0 Å². The summed E-state index contributed by atoms with van der Waals surface area (Å²) in [7, 11) is 0. The van der Waals surface area contributed by atoms with E-state index >= 15 is 0 Å². The van der Waals surface area contributed by atoms with Crippen molar-refractivity contribution in [1.82, 2.24) is 10.6 Å². The predicted molar refractivity (Wildman–Crippen MR) is 115 cm³/mol. The van der Waals surface area contributed by atoms with Crippen LogP contribution < -0.4 is 10.6 Å². The molecule has 8 nitrogen and oxygen atoms in total. The quantitative estimate of drug-likeness (QED) is 0.341. The average Bonchev–Trinajstić information content (AvgIpc) is 2.75. The lowest BCUT2D eigenvalue weighted by Gasteiger charge is -2.33. The first-order valence-electron chi connectivity index (χ1n) is 9.79. The zero-order valence-electron chi connectivity index (χ0n) is 16.9. The van der Waals surface area contributed by atoms with Crippen LogP contribution in [0.25, 0.3) is 0 Å². The van der Waals surface area contributed by atoms with Gasteiger partial charge in [-0.05, 0) is 30.2 Å². The third-order valence-electron chi connectivity index (χ3n) is 4.99. The summed E-state index contributed by atoms with van der Waals surface area (Å²) in [6.45, 7) is 1.61. The number of fused-ring (bicyclic) bond motifs is 1. The highest BCUT2D eigenvalue weighted by molar-refractivity contribution is 7.99. The molecule has 3 unspecified atom stereocenters. The fourth-order valence-corrected chi connectivity index (χ4v) is 4.44. The van der Waals surface area contributed by atoms with Gasteiger partial charge in [0, 0.05) is 17.1 Å². The van der Waals surface area contributed by atoms with Crippen LogP contribution >= 0.6 is 11.8 Å². The number of ketones is 1. The van der Waals surface area contributed by atoms with E-state index in [1.54, 1.807) is 19.1 Å². The molecule has 164 valence electrons. The molecule has 4 N–H and O–H groups in total. The van der Waals surface area contributed by atoms with Crippen molar-refractivity contribution >= 4 is 29.7 Å². The lowest BCUT2D eigenvalue weighted by atomic mass is 9.89. The number of aliphatic carboxylic acids is 1. The third-order valence-corrected chi connectivity index (χ3v) is 6.09. The Balaban J connectivity index is 1.70. The Morgan fingerprint density at radius 2 is 1.81 bits per heavy atom. The lowest BCUT2D eigenvalue weighted by Crippen LogP contribution is -2.53. The summed E-state index contributed by atoms with van der Waals surface area (Å²) >= 11 is 1.39. The molecule has 0 saturated carbocycles. The summed E-state index contributed by atoms with van der Waals surface area (Å²) in [5, 5.41) is 24.4. The Labute approximate surface area is 184 Å². The van der Waals surface area contributed by atoms with Gasteiger partial charge in [-0.1, -0.05) is 42.5 Å². The van der Waals surface area contributed by atoms with Gasteiger partial charge < -0.3 is 14.9 Å². The van der Waals surface area contributed by atoms with Gasteiger partial charge in [-0.25, -0.2) is 4.79 Å². The molecule has 9 heteroatoms. The highest BCUT2D eigenvalue weighted by Gasteiger charge is 2.35. The highest BCUT2D eigenvalue weighted by atomic mass is 32.2. The van der Waals surface area contributed by atoms with E-state index in [4.69, 9.17) is 9.84 Å². The Morgan fingerprint density at radius 1 is 1.13 bits per heavy atom. The van der Waals surface area contributed by atoms with Crippen LogP contribution in [0.3, 0.4) is 0 Å². The van der Waals surface area contributed by atoms with Gasteiger partial charge in [0.05, 0.1) is 12.1 Å². The number of ether oxygens (including phenoxy) is 1. The monoisotopic (exact) mass is 444 g/mol. The molecule has 1 aliphatic heterocycles. The van der Waals surface area contributed by atoms with E-state index in [0.29, 0.717) is 6.42 Å². The van der Waals surface area contributed by atoms with Gasteiger partial charge in [-0.2, -0.15) is 0 Å². The van der Waals surface area contributed by atoms with Gasteiger partial charge in [-0.3, -0.25) is 20.2 Å². The highest BCUT2D eigenvalue weighted by Crippen LogP contribution is 2.27. The van der Waals surface area contributed by atoms with Crippen LogP contribution in [0.15, 0.2) is 59.5 Å². The summed E-state index contributed by atoms with van der Waals surface area (Å²) in [4.78, 5) is 36.8. The van der Waals surface area contributed by atoms with Crippen molar-refractivity contribution in [2.75, 3.05) is 5.75 Å². The molecule has 0 bridgehead atoms. The van der Waals surface area contributed by atoms with E-state index in [0.717, 1.165) is 16.0 Å². The summed E-state index contributed by atoms with van der Waals surface area (Å²) < 4.78 is 4.85. The Morgan fingerprint density at radius 3 is 2.48 bits per heavy atom. The molecule has 0 aliphatic carbocycles. The number of carbonyl (C=O) groups excluding carboxylic acids is 1. The van der Waals surface area contributed by atoms with Crippen molar-refractivity contribution in [3.05, 3.63) is 65.7 Å². The number of Topliss-reactive ketones (excluding diaryl/α,β-unsaturated/α-hetero) is 1. The van der Waals surface area contributed by atoms with E-state index in [2.05, 4.69) is 10.6 Å². The van der Waals surface area contributed by atoms with Crippen LogP contribution in [0.5, 0.6) is 0 Å². The Bertz CT molecular complexity index is 939. The molecule has 2 aromatic carbocycles. The molecular weight excluding hydrogens is 420 g/mol. The van der Waals surface area contributed by atoms with Crippen molar-refractivity contribution in [3.63, 3.8) is 0 Å². The van der Waals surface area contributed by atoms with Crippen molar-refractivity contribution < 1.29 is 29.3 Å². The predicted octanol–water partition coefficient (Wildman–Crippen LogP) is 2.69. The summed E-state index contributed by atoms with van der Waals surface area (Å²) in [5.74, 6) is -1.09. The molecule has 2 aromatic rings. The molecule has 0 fully saturated rings. The molecule has 1 heterocycles. The van der Waals surface area contributed by atoms with E-state index in [1.807, 2.05) is 42.5 Å². The zero-order valence-corrected chi connectivity index (χ0v) is 17.7. The second-order valence-electron chi connectivity index (χ2n) is 7.18. The molecule has 0 saturated heterocycles. The fourth-order valence-electron chi connectivity index (χ4n) is 3.49. The van der Waals surface area contributed by atoms with Crippen LogP contribution in [0.4, 0.5) is 4.79 Å². The number of rotatable bonds is 9. The second kappa shape index (κ2) is 10.4. The van der Waals surface area contributed by atoms with Gasteiger partial charge in [0.2, 0.25) is 0 Å². The number of carbonyl (C=O) groups is 3. The molecule has 0 spiro atoms. The largest absolute Gasteiger partial charge is 0.507 e. The first kappa shape index (κ1) is 22.8. The maximum absolute atomic E-state index is 13.2. The van der Waals surface area contributed by atoms with Crippen molar-refractivity contribution in [1.29, 1.82) is 0 Å². The molecule has 0 radical (unpaired) electrons. The summed E-state index contributed by atoms with van der Waals surface area (Å²) in [6.07, 6.45) is -1.99. The average molecular weight is 445 g/mol. The van der Waals surface area contributed by atoms with Crippen LogP contribution in [-0.4, -0.2) is 52.2 Å². The molecule has 3 rings (SSSR count). The van der Waals surface area contributed by atoms with Gasteiger partial charge in [0.1, 0.15) is 6.04 Å². The van der Waals surface area contributed by atoms with Crippen LogP contribution in [-0.2, 0) is 20.7 Å². The van der Waals surface area contributed by atoms with Crippen molar-refractivity contribution in [3.8, 4) is 0 Å². The molecule has 0 amide bonds. The number of hydrogen-bond acceptors (Lipinski definition) is 7. The minimum absolute atomic E-state index is 0.246. The number of hydrogen-bond donors (Lipinski definition) is 4. The van der Waals surface area contributed by atoms with E-state index in [-0.39, 0.29) is 11.5 Å². The minimum Gasteiger partial charge on any atom is -0.480 e. The standard InChI is InChI=1S/C22H24N2O6S/c1-13(23-17(21(26)27)12-31-15-8-3-2-4-9-15)20(25)19-16-10-6-5-7-14(16)11-18(24-19)30-22(28)29/h2-10,13,17-19,23-24H,11-12H2,1H3,(H,26,27)(H,28,29)/t13-,17?,18?,19?/m0/s1. The van der Waals surface area contributed by atoms with E-state index < -0.39 is 36.5 Å². The normalized spacial score (nSPS) is 19.6. The Kier molecular flexibility index (Phi) is 7.67. The second-order valence-corrected chi connectivity index (χ2v) is 8.27. The van der Waals surface area contributed by atoms with Gasteiger partial charge in [-0.15, -0.1) is 11.8 Å². The number of carboxylic acid groups (broad SMARTS) is 2. The molecular formula is C22H24N2O6S. The van der Waals surface area contributed by atoms with Crippen LogP contribution in [0.2, 0.25) is 0 Å². The first-order chi connectivity index (χ1) is 14.8. The van der Waals surface area contributed by atoms with E-state index in [9.17, 15) is 19.5 Å². The minimum atomic E-state index is -1.43. The molecule has 0 aromatic heterocycles. The maximum Gasteiger partial charge on any atom is 0.507 e. The molecule has 1 aliphatic rings. The number of benzene rings is 2. The number of carboxylic acids is 1. The fraction of sp³-hybridized carbons (Fsp3) is 0.318. The molecule has 4 atom stereocenters. The van der Waals surface area contributed by atoms with E-state index in [1.165, 1.54) is 11.8 Å². The Hall–Kier alpha value is -2.88. The maximum atomic E-state index is 13.2. The lowest BCUT2D eigenvalue weighted by molar-refractivity contribution is -0.139. The zero-order chi connectivity index (χ0) is 22.4. The van der Waals surface area contributed by atoms with Gasteiger partial charge >= 0.3 is 12.1 Å². The van der Waals surface area contributed by atoms with Crippen molar-refractivity contribution in [2.45, 2.75) is 42.6 Å². The SMILES string of the molecule is C[C@H](NC(CSc1ccccc1)C(=O)O)C(=O)C1NC(OC(=O)O)Cc2ccccc21. The summed E-state index contributed by atoms with van der Waals surface area (Å²) in [6, 6.07) is 14.1. The number of thioether (sulfide) groups is 1. The molecule has 31 heavy (non-hydrogen) atoms.